The van der Waals surface area contributed by atoms with Gasteiger partial charge in [-0.25, -0.2) is 4.39 Å². The molecule has 0 atom stereocenters. The second-order valence-electron chi connectivity index (χ2n) is 7.35. The fourth-order valence-electron chi connectivity index (χ4n) is 3.48. The van der Waals surface area contributed by atoms with Gasteiger partial charge in [-0.1, -0.05) is 12.1 Å². The molecule has 0 unspecified atom stereocenters. The number of amides is 1. The van der Waals surface area contributed by atoms with Crippen molar-refractivity contribution in [2.45, 2.75) is 19.6 Å². The van der Waals surface area contributed by atoms with Gasteiger partial charge in [-0.15, -0.1) is 0 Å². The average Bonchev–Trinajstić information content (AvgIpc) is 2.74. The quantitative estimate of drug-likeness (QED) is 0.653. The predicted molar refractivity (Wildman–Crippen MR) is 109 cm³/mol. The second-order valence-corrected chi connectivity index (χ2v) is 7.35. The topological polar surface area (TPSA) is 36.0 Å². The number of carbonyl (C=O) groups is 1. The molecule has 1 fully saturated rings. The van der Waals surface area contributed by atoms with Crippen LogP contribution in [-0.4, -0.2) is 62.1 Å². The van der Waals surface area contributed by atoms with E-state index < -0.39 is 6.61 Å². The number of alkyl halides is 2. The smallest absolute Gasteiger partial charge is 0.387 e. The first-order valence-corrected chi connectivity index (χ1v) is 9.91. The van der Waals surface area contributed by atoms with Gasteiger partial charge in [-0.2, -0.15) is 8.78 Å². The van der Waals surface area contributed by atoms with Gasteiger partial charge in [0, 0.05) is 51.4 Å². The lowest BCUT2D eigenvalue weighted by molar-refractivity contribution is -0.131. The standard InChI is InChI=1S/C22H26F3N3O2/c1-26(16-17-2-8-20(9-3-17)30-22(24)25)11-10-21(29)28-14-12-27(13-15-28)19-6-4-18(23)5-7-19/h2-9,22H,10-16H2,1H3. The summed E-state index contributed by atoms with van der Waals surface area (Å²) in [5.74, 6) is -0.0123. The van der Waals surface area contributed by atoms with Crippen LogP contribution in [0.15, 0.2) is 48.5 Å². The number of nitrogens with zero attached hydrogens (tertiary/aromatic N) is 3. The van der Waals surface area contributed by atoms with Crippen molar-refractivity contribution in [2.75, 3.05) is 44.7 Å². The molecule has 8 heteroatoms. The summed E-state index contributed by atoms with van der Waals surface area (Å²) in [6.45, 7) is 1.12. The fourth-order valence-corrected chi connectivity index (χ4v) is 3.48. The third-order valence-corrected chi connectivity index (χ3v) is 5.13. The van der Waals surface area contributed by atoms with Crippen molar-refractivity contribution in [2.24, 2.45) is 0 Å². The van der Waals surface area contributed by atoms with Crippen LogP contribution in [0.3, 0.4) is 0 Å². The Bertz CT molecular complexity index is 807. The van der Waals surface area contributed by atoms with Crippen LogP contribution < -0.4 is 9.64 Å². The zero-order valence-corrected chi connectivity index (χ0v) is 16.9. The number of anilines is 1. The van der Waals surface area contributed by atoms with Crippen LogP contribution in [0.2, 0.25) is 0 Å². The zero-order chi connectivity index (χ0) is 21.5. The van der Waals surface area contributed by atoms with E-state index in [1.54, 1.807) is 24.3 Å². The summed E-state index contributed by atoms with van der Waals surface area (Å²) in [6, 6.07) is 12.9. The minimum atomic E-state index is -2.83. The summed E-state index contributed by atoms with van der Waals surface area (Å²) < 4.78 is 41.8. The van der Waals surface area contributed by atoms with E-state index in [-0.39, 0.29) is 17.5 Å². The molecule has 0 saturated carbocycles. The maximum Gasteiger partial charge on any atom is 0.387 e. The molecule has 2 aromatic carbocycles. The lowest BCUT2D eigenvalue weighted by atomic mass is 10.2. The van der Waals surface area contributed by atoms with Crippen LogP contribution in [0, 0.1) is 5.82 Å². The molecular weight excluding hydrogens is 395 g/mol. The highest BCUT2D eigenvalue weighted by atomic mass is 19.3. The zero-order valence-electron chi connectivity index (χ0n) is 16.9. The van der Waals surface area contributed by atoms with Gasteiger partial charge in [0.1, 0.15) is 11.6 Å². The third kappa shape index (κ3) is 6.38. The fraction of sp³-hybridized carbons (Fsp3) is 0.409. The molecule has 0 spiro atoms. The van der Waals surface area contributed by atoms with Crippen LogP contribution >= 0.6 is 0 Å². The molecule has 5 nitrogen and oxygen atoms in total. The van der Waals surface area contributed by atoms with Gasteiger partial charge >= 0.3 is 6.61 Å². The van der Waals surface area contributed by atoms with Gasteiger partial charge in [0.15, 0.2) is 0 Å². The molecule has 0 bridgehead atoms. The molecule has 2 aromatic rings. The first-order valence-electron chi connectivity index (χ1n) is 9.91. The molecule has 0 aromatic heterocycles. The molecule has 1 amide bonds. The van der Waals surface area contributed by atoms with Gasteiger partial charge in [0.25, 0.3) is 0 Å². The highest BCUT2D eigenvalue weighted by Gasteiger charge is 2.21. The molecule has 3 rings (SSSR count). The van der Waals surface area contributed by atoms with Crippen LogP contribution in [0.25, 0.3) is 0 Å². The number of hydrogen-bond acceptors (Lipinski definition) is 4. The first-order chi connectivity index (χ1) is 14.4. The maximum atomic E-state index is 13.1. The number of ether oxygens (including phenoxy) is 1. The van der Waals surface area contributed by atoms with Crippen molar-refractivity contribution in [3.8, 4) is 5.75 Å². The SMILES string of the molecule is CN(CCC(=O)N1CCN(c2ccc(F)cc2)CC1)Cc1ccc(OC(F)F)cc1. The normalized spacial score (nSPS) is 14.5. The van der Waals surface area contributed by atoms with E-state index in [1.807, 2.05) is 16.8 Å². The Morgan fingerprint density at radius 1 is 1.03 bits per heavy atom. The average molecular weight is 421 g/mol. The van der Waals surface area contributed by atoms with Crippen molar-refractivity contribution in [1.82, 2.24) is 9.80 Å². The Kier molecular flexibility index (Phi) is 7.57. The second kappa shape index (κ2) is 10.3. The van der Waals surface area contributed by atoms with Crippen molar-refractivity contribution in [3.63, 3.8) is 0 Å². The van der Waals surface area contributed by atoms with Crippen LogP contribution in [0.5, 0.6) is 5.75 Å². The minimum absolute atomic E-state index is 0.112. The van der Waals surface area contributed by atoms with Crippen molar-refractivity contribution < 1.29 is 22.7 Å². The van der Waals surface area contributed by atoms with E-state index in [9.17, 15) is 18.0 Å². The monoisotopic (exact) mass is 421 g/mol. The van der Waals surface area contributed by atoms with Crippen molar-refractivity contribution >= 4 is 11.6 Å². The van der Waals surface area contributed by atoms with Gasteiger partial charge in [-0.3, -0.25) is 4.79 Å². The Balaban J connectivity index is 1.39. The molecule has 30 heavy (non-hydrogen) atoms. The van der Waals surface area contributed by atoms with Crippen LogP contribution in [-0.2, 0) is 11.3 Å². The highest BCUT2D eigenvalue weighted by molar-refractivity contribution is 5.76. The number of piperazine rings is 1. The van der Waals surface area contributed by atoms with Gasteiger partial charge in [0.2, 0.25) is 5.91 Å². The number of hydrogen-bond donors (Lipinski definition) is 0. The van der Waals surface area contributed by atoms with Crippen molar-refractivity contribution in [1.29, 1.82) is 0 Å². The van der Waals surface area contributed by atoms with Crippen LogP contribution in [0.4, 0.5) is 18.9 Å². The summed E-state index contributed by atoms with van der Waals surface area (Å²) in [4.78, 5) is 18.6. The van der Waals surface area contributed by atoms with Gasteiger partial charge in [-0.05, 0) is 49.0 Å². The molecule has 1 saturated heterocycles. The summed E-state index contributed by atoms with van der Waals surface area (Å²) >= 11 is 0. The number of rotatable bonds is 8. The van der Waals surface area contributed by atoms with E-state index in [4.69, 9.17) is 0 Å². The number of benzene rings is 2. The summed E-state index contributed by atoms with van der Waals surface area (Å²) in [5, 5.41) is 0. The summed E-state index contributed by atoms with van der Waals surface area (Å²) in [7, 11) is 1.92. The molecule has 0 N–H and O–H groups in total. The molecular formula is C22H26F3N3O2. The molecule has 1 aliphatic rings. The molecule has 162 valence electrons. The van der Waals surface area contributed by atoms with E-state index in [0.717, 1.165) is 24.3 Å². The summed E-state index contributed by atoms with van der Waals surface area (Å²) in [6.07, 6.45) is 0.416. The van der Waals surface area contributed by atoms with Gasteiger partial charge in [0.05, 0.1) is 0 Å². The Hall–Kier alpha value is -2.74. The highest BCUT2D eigenvalue weighted by Crippen LogP contribution is 2.18. The number of halogens is 3. The van der Waals surface area contributed by atoms with Crippen molar-refractivity contribution in [3.05, 3.63) is 59.9 Å². The van der Waals surface area contributed by atoms with E-state index in [2.05, 4.69) is 9.64 Å². The predicted octanol–water partition coefficient (Wildman–Crippen LogP) is 3.60. The van der Waals surface area contributed by atoms with E-state index in [0.29, 0.717) is 32.6 Å². The largest absolute Gasteiger partial charge is 0.435 e. The number of carbonyl (C=O) groups excluding carboxylic acids is 1. The van der Waals surface area contributed by atoms with E-state index >= 15 is 0 Å². The lowest BCUT2D eigenvalue weighted by Gasteiger charge is -2.36. The third-order valence-electron chi connectivity index (χ3n) is 5.13. The van der Waals surface area contributed by atoms with Gasteiger partial charge < -0.3 is 19.4 Å². The molecule has 0 aliphatic carbocycles. The Morgan fingerprint density at radius 3 is 2.27 bits per heavy atom. The van der Waals surface area contributed by atoms with E-state index in [1.165, 1.54) is 24.3 Å². The summed E-state index contributed by atoms with van der Waals surface area (Å²) in [5.41, 5.74) is 1.92. The molecule has 1 aliphatic heterocycles. The Morgan fingerprint density at radius 2 is 1.67 bits per heavy atom. The lowest BCUT2D eigenvalue weighted by Crippen LogP contribution is -2.49. The van der Waals surface area contributed by atoms with Crippen LogP contribution in [0.1, 0.15) is 12.0 Å². The Labute approximate surface area is 174 Å². The minimum Gasteiger partial charge on any atom is -0.435 e. The maximum absolute atomic E-state index is 13.1. The molecule has 0 radical (unpaired) electrons. The first kappa shape index (κ1) is 22.0. The molecule has 1 heterocycles.